The number of aromatic hydroxyl groups is 1. The van der Waals surface area contributed by atoms with E-state index in [1.165, 1.54) is 0 Å². The van der Waals surface area contributed by atoms with E-state index < -0.39 is 47.8 Å². The number of hydrogen-bond donors (Lipinski definition) is 5. The lowest BCUT2D eigenvalue weighted by Gasteiger charge is -2.26. The number of fused-ring (bicyclic) bond motifs is 1. The largest absolute Gasteiger partial charge is 0.507 e. The zero-order valence-corrected chi connectivity index (χ0v) is 18.6. The molecule has 0 aliphatic carbocycles. The quantitative estimate of drug-likeness (QED) is 0.287. The third-order valence-electron chi connectivity index (χ3n) is 4.69. The predicted molar refractivity (Wildman–Crippen MR) is 114 cm³/mol. The number of hydrogen-bond acceptors (Lipinski definition) is 12. The number of anilines is 3. The number of phenolic OH excluding ortho intramolecular Hbond substituents is 1. The highest BCUT2D eigenvalue weighted by atomic mass is 32.2. The number of benzene rings is 2. The highest BCUT2D eigenvalue weighted by Crippen LogP contribution is 2.37. The molecule has 4 rings (SSSR count). The lowest BCUT2D eigenvalue weighted by atomic mass is 10.1. The molecule has 0 unspecified atom stereocenters. The second kappa shape index (κ2) is 8.85. The molecular weight excluding hydrogens is 499 g/mol. The van der Waals surface area contributed by atoms with Crippen LogP contribution in [-0.2, 0) is 25.0 Å². The van der Waals surface area contributed by atoms with Crippen molar-refractivity contribution in [1.82, 2.24) is 20.0 Å². The first-order valence-corrected chi connectivity index (χ1v) is 12.3. The van der Waals surface area contributed by atoms with Crippen molar-refractivity contribution in [2.45, 2.75) is 9.79 Å². The number of aromatic nitrogens is 3. The van der Waals surface area contributed by atoms with E-state index in [1.54, 1.807) is 5.01 Å². The Hall–Kier alpha value is -3.22. The zero-order chi connectivity index (χ0) is 24.7. The van der Waals surface area contributed by atoms with E-state index >= 15 is 0 Å². The maximum Gasteiger partial charge on any atom is 0.315 e. The van der Waals surface area contributed by atoms with Crippen molar-refractivity contribution < 1.29 is 40.2 Å². The second-order valence-electron chi connectivity index (χ2n) is 7.05. The van der Waals surface area contributed by atoms with Crippen molar-refractivity contribution in [3.8, 4) is 5.75 Å². The number of nitrogens with one attached hydrogen (secondary N) is 2. The molecule has 0 saturated carbocycles. The van der Waals surface area contributed by atoms with Crippen molar-refractivity contribution in [3.63, 3.8) is 0 Å². The molecule has 1 aliphatic heterocycles. The van der Waals surface area contributed by atoms with E-state index in [-0.39, 0.29) is 22.4 Å². The minimum Gasteiger partial charge on any atom is -0.507 e. The van der Waals surface area contributed by atoms with Gasteiger partial charge in [0.2, 0.25) is 11.9 Å². The van der Waals surface area contributed by atoms with Gasteiger partial charge in [-0.25, -0.2) is 5.01 Å². The molecule has 182 valence electrons. The summed E-state index contributed by atoms with van der Waals surface area (Å²) >= 11 is 0. The van der Waals surface area contributed by atoms with Gasteiger partial charge in [0.1, 0.15) is 5.75 Å². The SMILES string of the molecule is O=S(=O)(O)c1cc(O)c2c(Nc3nc(F)nc(NN4CCOCC4)n3)cc(S(=O)(=O)O)cc2c1. The Labute approximate surface area is 191 Å². The van der Waals surface area contributed by atoms with Crippen LogP contribution < -0.4 is 10.7 Å². The summed E-state index contributed by atoms with van der Waals surface area (Å²) in [6.07, 6.45) is -1.18. The molecule has 2 aromatic carbocycles. The molecule has 3 aromatic rings. The minimum atomic E-state index is -4.80. The van der Waals surface area contributed by atoms with Crippen LogP contribution in [0.2, 0.25) is 0 Å². The van der Waals surface area contributed by atoms with Gasteiger partial charge in [0, 0.05) is 24.5 Å². The first-order chi connectivity index (χ1) is 15.9. The highest BCUT2D eigenvalue weighted by Gasteiger charge is 2.21. The van der Waals surface area contributed by atoms with Crippen LogP contribution in [0.1, 0.15) is 0 Å². The normalized spacial score (nSPS) is 15.4. The van der Waals surface area contributed by atoms with Crippen molar-refractivity contribution in [2.24, 2.45) is 0 Å². The number of nitrogens with zero attached hydrogens (tertiary/aromatic N) is 4. The summed E-state index contributed by atoms with van der Waals surface area (Å²) in [4.78, 5) is 9.64. The molecule has 1 saturated heterocycles. The third kappa shape index (κ3) is 5.29. The van der Waals surface area contributed by atoms with Gasteiger partial charge in [-0.1, -0.05) is 0 Å². The van der Waals surface area contributed by atoms with Crippen molar-refractivity contribution in [2.75, 3.05) is 37.0 Å². The van der Waals surface area contributed by atoms with E-state index in [0.717, 1.165) is 24.3 Å². The molecular formula is C17H17FN6O8S2. The summed E-state index contributed by atoms with van der Waals surface area (Å²) in [5.41, 5.74) is 2.57. The van der Waals surface area contributed by atoms with Gasteiger partial charge in [-0.05, 0) is 23.6 Å². The first kappa shape index (κ1) is 23.9. The van der Waals surface area contributed by atoms with E-state index in [1.807, 2.05) is 0 Å². The Kier molecular flexibility index (Phi) is 6.23. The Morgan fingerprint density at radius 2 is 1.50 bits per heavy atom. The van der Waals surface area contributed by atoms with Gasteiger partial charge in [-0.2, -0.15) is 36.2 Å². The summed E-state index contributed by atoms with van der Waals surface area (Å²) in [5.74, 6) is -1.24. The number of rotatable bonds is 6. The molecule has 0 radical (unpaired) electrons. The molecule has 0 bridgehead atoms. The van der Waals surface area contributed by atoms with Crippen LogP contribution in [0, 0.1) is 6.08 Å². The van der Waals surface area contributed by atoms with Gasteiger partial charge >= 0.3 is 6.08 Å². The average Bonchev–Trinajstić information content (AvgIpc) is 2.72. The van der Waals surface area contributed by atoms with E-state index in [9.17, 15) is 35.4 Å². The summed E-state index contributed by atoms with van der Waals surface area (Å²) < 4.78 is 84.6. The third-order valence-corrected chi connectivity index (χ3v) is 6.36. The molecule has 0 spiro atoms. The summed E-state index contributed by atoms with van der Waals surface area (Å²) in [5, 5.41) is 14.3. The van der Waals surface area contributed by atoms with Gasteiger partial charge in [0.05, 0.1) is 28.7 Å². The molecule has 34 heavy (non-hydrogen) atoms. The minimum absolute atomic E-state index is 0.122. The van der Waals surface area contributed by atoms with Gasteiger partial charge < -0.3 is 15.2 Å². The molecule has 5 N–H and O–H groups in total. The molecule has 14 nitrogen and oxygen atoms in total. The molecule has 2 heterocycles. The van der Waals surface area contributed by atoms with Crippen LogP contribution in [0.5, 0.6) is 5.75 Å². The number of hydrazine groups is 1. The fourth-order valence-corrected chi connectivity index (χ4v) is 4.31. The van der Waals surface area contributed by atoms with Crippen molar-refractivity contribution >= 4 is 48.6 Å². The van der Waals surface area contributed by atoms with Crippen LogP contribution in [0.4, 0.5) is 22.0 Å². The van der Waals surface area contributed by atoms with Gasteiger partial charge in [0.25, 0.3) is 20.2 Å². The van der Waals surface area contributed by atoms with Gasteiger partial charge in [0.15, 0.2) is 0 Å². The fraction of sp³-hybridized carbons (Fsp3) is 0.235. The van der Waals surface area contributed by atoms with Crippen molar-refractivity contribution in [3.05, 3.63) is 30.3 Å². The Balaban J connectivity index is 1.81. The molecule has 0 atom stereocenters. The standard InChI is InChI=1S/C17H17FN6O8S2/c18-15-20-16(22-17(21-15)23-24-1-3-32-4-2-24)19-12-7-10(33(26,27)28)5-9-6-11(34(29,30)31)8-13(25)14(9)12/h5-8,25H,1-4H2,(H,26,27,28)(H,29,30,31)(H2,19,20,21,22,23). The second-order valence-corrected chi connectivity index (χ2v) is 9.89. The number of phenols is 1. The summed E-state index contributed by atoms with van der Waals surface area (Å²) in [6, 6.07) is 3.39. The van der Waals surface area contributed by atoms with Gasteiger partial charge in [-0.15, -0.1) is 0 Å². The molecule has 17 heteroatoms. The summed E-state index contributed by atoms with van der Waals surface area (Å²) in [7, 11) is -9.56. The Bertz CT molecular complexity index is 1470. The molecule has 1 aliphatic rings. The van der Waals surface area contributed by atoms with Crippen LogP contribution in [0.3, 0.4) is 0 Å². The van der Waals surface area contributed by atoms with E-state index in [2.05, 4.69) is 25.7 Å². The molecule has 1 fully saturated rings. The molecule has 1 aromatic heterocycles. The molecule has 0 amide bonds. The lowest BCUT2D eigenvalue weighted by Crippen LogP contribution is -2.40. The van der Waals surface area contributed by atoms with Crippen LogP contribution >= 0.6 is 0 Å². The van der Waals surface area contributed by atoms with Gasteiger partial charge in [-0.3, -0.25) is 14.5 Å². The maximum absolute atomic E-state index is 14.1. The average molecular weight is 516 g/mol. The Morgan fingerprint density at radius 1 is 0.912 bits per heavy atom. The van der Waals surface area contributed by atoms with E-state index in [0.29, 0.717) is 26.3 Å². The van der Waals surface area contributed by atoms with Crippen LogP contribution in [-0.4, -0.2) is 77.3 Å². The zero-order valence-electron chi connectivity index (χ0n) is 17.0. The maximum atomic E-state index is 14.1. The Morgan fingerprint density at radius 3 is 2.12 bits per heavy atom. The van der Waals surface area contributed by atoms with Crippen molar-refractivity contribution in [1.29, 1.82) is 0 Å². The van der Waals surface area contributed by atoms with Crippen LogP contribution in [0.15, 0.2) is 34.1 Å². The summed E-state index contributed by atoms with van der Waals surface area (Å²) in [6.45, 7) is 1.82. The topological polar surface area (TPSA) is 204 Å². The first-order valence-electron chi connectivity index (χ1n) is 9.44. The number of halogens is 1. The fourth-order valence-electron chi connectivity index (χ4n) is 3.23. The number of morpholine rings is 1. The van der Waals surface area contributed by atoms with Crippen LogP contribution in [0.25, 0.3) is 10.8 Å². The predicted octanol–water partition coefficient (Wildman–Crippen LogP) is 0.766. The smallest absolute Gasteiger partial charge is 0.315 e. The monoisotopic (exact) mass is 516 g/mol. The highest BCUT2D eigenvalue weighted by molar-refractivity contribution is 7.86. The number of ether oxygens (including phenoxy) is 1. The lowest BCUT2D eigenvalue weighted by molar-refractivity contribution is 0.0492. The van der Waals surface area contributed by atoms with E-state index in [4.69, 9.17) is 4.74 Å².